The van der Waals surface area contributed by atoms with E-state index in [4.69, 9.17) is 9.47 Å². The van der Waals surface area contributed by atoms with Crippen LogP contribution in [-0.2, 0) is 11.2 Å². The largest absolute Gasteiger partial charge is 0.504 e. The number of esters is 1. The van der Waals surface area contributed by atoms with Crippen LogP contribution in [0.1, 0.15) is 44.3 Å². The van der Waals surface area contributed by atoms with Crippen LogP contribution in [-0.4, -0.2) is 37.6 Å². The van der Waals surface area contributed by atoms with Gasteiger partial charge in [-0.3, -0.25) is 0 Å². The quantitative estimate of drug-likeness (QED) is 0.297. The Morgan fingerprint density at radius 2 is 1.48 bits per heavy atom. The predicted molar refractivity (Wildman–Crippen MR) is 118 cm³/mol. The molecule has 1 unspecified atom stereocenters. The summed E-state index contributed by atoms with van der Waals surface area (Å²) in [5.74, 6) is -2.65. The zero-order chi connectivity index (χ0) is 24.0. The number of benzene rings is 3. The number of ether oxygens (including phenoxy) is 2. The number of carbonyl (C=O) groups excluding carboxylic acids is 1. The summed E-state index contributed by atoms with van der Waals surface area (Å²) in [4.78, 5) is 12.9. The lowest BCUT2D eigenvalue weighted by Gasteiger charge is -2.34. The predicted octanol–water partition coefficient (Wildman–Crippen LogP) is 4.04. The van der Waals surface area contributed by atoms with Gasteiger partial charge in [-0.25, -0.2) is 4.79 Å². The summed E-state index contributed by atoms with van der Waals surface area (Å²) >= 11 is 0. The molecule has 1 heterocycles. The van der Waals surface area contributed by atoms with Crippen LogP contribution >= 0.6 is 0 Å². The maximum Gasteiger partial charge on any atom is 0.338 e. The first-order valence-electron chi connectivity index (χ1n) is 10.3. The Bertz CT molecular complexity index is 1220. The van der Waals surface area contributed by atoms with Gasteiger partial charge in [0, 0.05) is 17.5 Å². The molecule has 3 aromatic rings. The van der Waals surface area contributed by atoms with Crippen LogP contribution in [0.2, 0.25) is 0 Å². The van der Waals surface area contributed by atoms with Crippen molar-refractivity contribution in [1.29, 1.82) is 0 Å². The van der Waals surface area contributed by atoms with Crippen molar-refractivity contribution in [2.75, 3.05) is 0 Å². The molecule has 8 nitrogen and oxygen atoms in total. The van der Waals surface area contributed by atoms with Crippen LogP contribution in [0.15, 0.2) is 36.4 Å². The van der Waals surface area contributed by atoms with Gasteiger partial charge in [0.05, 0.1) is 5.56 Å². The average molecular weight is 452 g/mol. The first-order chi connectivity index (χ1) is 15.5. The lowest BCUT2D eigenvalue weighted by Crippen LogP contribution is -2.35. The van der Waals surface area contributed by atoms with Crippen molar-refractivity contribution in [3.05, 3.63) is 69.8 Å². The zero-order valence-electron chi connectivity index (χ0n) is 18.3. The maximum absolute atomic E-state index is 12.9. The van der Waals surface area contributed by atoms with Crippen molar-refractivity contribution < 1.29 is 39.8 Å². The van der Waals surface area contributed by atoms with Crippen LogP contribution < -0.4 is 4.74 Å². The van der Waals surface area contributed by atoms with E-state index in [-0.39, 0.29) is 11.3 Å². The molecule has 172 valence electrons. The molecule has 33 heavy (non-hydrogen) atoms. The maximum atomic E-state index is 12.9. The standard InChI is InChI=1S/C25H24O8/c1-11-4-12(2)16-10-21(33-25(31)15-6-13(3)22(29)17(26)9-15)24(32-20(16)5-11)14-7-18(27)23(30)19(28)8-14/h4-9,21,24,26-30H,10H2,1-3H3/t21-,24?/m1/s1. The topological polar surface area (TPSA) is 137 Å². The highest BCUT2D eigenvalue weighted by molar-refractivity contribution is 5.90. The average Bonchev–Trinajstić information content (AvgIpc) is 2.75. The van der Waals surface area contributed by atoms with Gasteiger partial charge in [-0.05, 0) is 67.8 Å². The molecule has 2 atom stereocenters. The number of fused-ring (bicyclic) bond motifs is 1. The Balaban J connectivity index is 1.75. The Kier molecular flexibility index (Phi) is 5.45. The first-order valence-corrected chi connectivity index (χ1v) is 10.3. The highest BCUT2D eigenvalue weighted by Crippen LogP contribution is 2.43. The summed E-state index contributed by atoms with van der Waals surface area (Å²) in [6, 6.07) is 8.84. The molecule has 0 fully saturated rings. The van der Waals surface area contributed by atoms with Crippen LogP contribution in [0.3, 0.4) is 0 Å². The van der Waals surface area contributed by atoms with Crippen molar-refractivity contribution in [3.8, 4) is 34.5 Å². The minimum absolute atomic E-state index is 0.0457. The molecule has 0 amide bonds. The zero-order valence-corrected chi connectivity index (χ0v) is 18.3. The molecule has 0 saturated carbocycles. The summed E-state index contributed by atoms with van der Waals surface area (Å²) < 4.78 is 11.9. The molecule has 0 aliphatic carbocycles. The number of aryl methyl sites for hydroxylation is 3. The van der Waals surface area contributed by atoms with Gasteiger partial charge in [-0.15, -0.1) is 0 Å². The molecule has 0 bridgehead atoms. The van der Waals surface area contributed by atoms with Gasteiger partial charge < -0.3 is 35.0 Å². The van der Waals surface area contributed by atoms with Crippen molar-refractivity contribution in [2.45, 2.75) is 39.4 Å². The second-order valence-electron chi connectivity index (χ2n) is 8.31. The Morgan fingerprint density at radius 1 is 0.848 bits per heavy atom. The molecule has 0 radical (unpaired) electrons. The van der Waals surface area contributed by atoms with E-state index in [0.717, 1.165) is 22.8 Å². The molecule has 8 heteroatoms. The van der Waals surface area contributed by atoms with Gasteiger partial charge >= 0.3 is 5.97 Å². The van der Waals surface area contributed by atoms with Gasteiger partial charge in [-0.1, -0.05) is 6.07 Å². The molecule has 0 spiro atoms. The van der Waals surface area contributed by atoms with E-state index in [2.05, 4.69) is 0 Å². The molecular weight excluding hydrogens is 428 g/mol. The summed E-state index contributed by atoms with van der Waals surface area (Å²) in [6.45, 7) is 5.39. The minimum atomic E-state index is -0.896. The number of carbonyl (C=O) groups is 1. The van der Waals surface area contributed by atoms with Gasteiger partial charge in [-0.2, -0.15) is 0 Å². The monoisotopic (exact) mass is 452 g/mol. The second-order valence-corrected chi connectivity index (χ2v) is 8.31. The molecule has 4 rings (SSSR count). The molecule has 0 saturated heterocycles. The van der Waals surface area contributed by atoms with Crippen LogP contribution in [0.4, 0.5) is 0 Å². The van der Waals surface area contributed by atoms with Crippen LogP contribution in [0, 0.1) is 20.8 Å². The highest BCUT2D eigenvalue weighted by atomic mass is 16.6. The third-order valence-electron chi connectivity index (χ3n) is 5.77. The van der Waals surface area contributed by atoms with E-state index in [1.54, 1.807) is 6.92 Å². The molecule has 1 aliphatic heterocycles. The SMILES string of the molecule is Cc1cc(C)c2c(c1)OC(c1cc(O)c(O)c(O)c1)[C@H](OC(=O)c1cc(C)c(O)c(O)c1)C2. The van der Waals surface area contributed by atoms with Crippen LogP contribution in [0.25, 0.3) is 0 Å². The third-order valence-corrected chi connectivity index (χ3v) is 5.77. The summed E-state index contributed by atoms with van der Waals surface area (Å²) in [5.41, 5.74) is 3.44. The molecule has 5 N–H and O–H groups in total. The van der Waals surface area contributed by atoms with Gasteiger partial charge in [0.15, 0.2) is 34.9 Å². The number of phenols is 5. The van der Waals surface area contributed by atoms with E-state index < -0.39 is 41.2 Å². The normalized spacial score (nSPS) is 17.2. The Hall–Kier alpha value is -4.07. The summed E-state index contributed by atoms with van der Waals surface area (Å²) in [7, 11) is 0. The number of phenolic OH excluding ortho intramolecular Hbond substituents is 5. The third kappa shape index (κ3) is 4.07. The van der Waals surface area contributed by atoms with E-state index in [1.165, 1.54) is 18.2 Å². The summed E-state index contributed by atoms with van der Waals surface area (Å²) in [6.07, 6.45) is -1.46. The van der Waals surface area contributed by atoms with E-state index >= 15 is 0 Å². The van der Waals surface area contributed by atoms with Crippen LogP contribution in [0.5, 0.6) is 34.5 Å². The first kappa shape index (κ1) is 22.1. The Morgan fingerprint density at radius 3 is 2.12 bits per heavy atom. The molecule has 3 aromatic carbocycles. The van der Waals surface area contributed by atoms with Crippen molar-refractivity contribution >= 4 is 5.97 Å². The number of hydrogen-bond acceptors (Lipinski definition) is 8. The molecule has 0 aromatic heterocycles. The van der Waals surface area contributed by atoms with E-state index in [9.17, 15) is 30.3 Å². The Labute approximate surface area is 189 Å². The lowest BCUT2D eigenvalue weighted by molar-refractivity contribution is -0.0185. The second kappa shape index (κ2) is 8.12. The number of hydrogen-bond donors (Lipinski definition) is 5. The molecular formula is C25H24O8. The van der Waals surface area contributed by atoms with E-state index in [0.29, 0.717) is 23.3 Å². The van der Waals surface area contributed by atoms with E-state index in [1.807, 2.05) is 26.0 Å². The fraction of sp³-hybridized carbons (Fsp3) is 0.240. The van der Waals surface area contributed by atoms with Gasteiger partial charge in [0.25, 0.3) is 0 Å². The van der Waals surface area contributed by atoms with Crippen molar-refractivity contribution in [3.63, 3.8) is 0 Å². The lowest BCUT2D eigenvalue weighted by atomic mass is 9.91. The number of rotatable bonds is 3. The summed E-state index contributed by atoms with van der Waals surface area (Å²) in [5, 5.41) is 49.4. The minimum Gasteiger partial charge on any atom is -0.504 e. The highest BCUT2D eigenvalue weighted by Gasteiger charge is 2.36. The number of aromatic hydroxyl groups is 5. The van der Waals surface area contributed by atoms with Gasteiger partial charge in [0.1, 0.15) is 11.9 Å². The van der Waals surface area contributed by atoms with Crippen molar-refractivity contribution in [1.82, 2.24) is 0 Å². The fourth-order valence-electron chi connectivity index (χ4n) is 4.11. The molecule has 1 aliphatic rings. The van der Waals surface area contributed by atoms with Gasteiger partial charge in [0.2, 0.25) is 0 Å². The van der Waals surface area contributed by atoms with Crippen molar-refractivity contribution in [2.24, 2.45) is 0 Å². The smallest absolute Gasteiger partial charge is 0.338 e. The fourth-order valence-corrected chi connectivity index (χ4v) is 4.11.